The summed E-state index contributed by atoms with van der Waals surface area (Å²) in [6.45, 7) is 7.45. The van der Waals surface area contributed by atoms with Crippen molar-refractivity contribution in [3.8, 4) is 0 Å². The van der Waals surface area contributed by atoms with Crippen molar-refractivity contribution in [1.29, 1.82) is 0 Å². The van der Waals surface area contributed by atoms with Crippen molar-refractivity contribution in [1.82, 2.24) is 15.5 Å². The molecule has 2 fully saturated rings. The maximum atomic E-state index is 3.57. The minimum atomic E-state index is 0.811. The average molecular weight is 197 g/mol. The van der Waals surface area contributed by atoms with Gasteiger partial charge in [0.15, 0.2) is 0 Å². The van der Waals surface area contributed by atoms with E-state index in [1.54, 1.807) is 0 Å². The Hall–Kier alpha value is -0.120. The topological polar surface area (TPSA) is 27.3 Å². The molecule has 0 aromatic carbocycles. The monoisotopic (exact) mass is 197 g/mol. The molecule has 3 nitrogen and oxygen atoms in total. The average Bonchev–Trinajstić information content (AvgIpc) is 2.58. The Morgan fingerprint density at radius 2 is 2.07 bits per heavy atom. The molecule has 2 saturated heterocycles. The fourth-order valence-electron chi connectivity index (χ4n) is 2.47. The van der Waals surface area contributed by atoms with Crippen LogP contribution in [0.5, 0.6) is 0 Å². The molecule has 0 bridgehead atoms. The van der Waals surface area contributed by atoms with Gasteiger partial charge in [-0.05, 0) is 51.9 Å². The van der Waals surface area contributed by atoms with Crippen LogP contribution < -0.4 is 10.6 Å². The SMILES string of the molecule is C1CNC(CCN2CCCNCC2)C1. The minimum absolute atomic E-state index is 0.811. The number of hydrogen-bond acceptors (Lipinski definition) is 3. The fourth-order valence-corrected chi connectivity index (χ4v) is 2.47. The third-order valence-corrected chi connectivity index (χ3v) is 3.39. The Morgan fingerprint density at radius 1 is 1.07 bits per heavy atom. The zero-order valence-electron chi connectivity index (χ0n) is 9.10. The van der Waals surface area contributed by atoms with Crippen molar-refractivity contribution >= 4 is 0 Å². The Labute approximate surface area is 87.2 Å². The van der Waals surface area contributed by atoms with E-state index in [1.807, 2.05) is 0 Å². The lowest BCUT2D eigenvalue weighted by Gasteiger charge is -2.21. The van der Waals surface area contributed by atoms with Gasteiger partial charge in [-0.3, -0.25) is 0 Å². The lowest BCUT2D eigenvalue weighted by Crippen LogP contribution is -2.33. The van der Waals surface area contributed by atoms with Gasteiger partial charge in [-0.25, -0.2) is 0 Å². The summed E-state index contributed by atoms with van der Waals surface area (Å²) in [6.07, 6.45) is 5.44. The van der Waals surface area contributed by atoms with Gasteiger partial charge in [-0.2, -0.15) is 0 Å². The normalized spacial score (nSPS) is 30.4. The third-order valence-electron chi connectivity index (χ3n) is 3.39. The molecule has 0 amide bonds. The molecule has 2 aliphatic heterocycles. The summed E-state index contributed by atoms with van der Waals surface area (Å²) in [4.78, 5) is 2.61. The van der Waals surface area contributed by atoms with E-state index in [2.05, 4.69) is 15.5 Å². The maximum Gasteiger partial charge on any atom is 0.0107 e. The third kappa shape index (κ3) is 3.23. The summed E-state index contributed by atoms with van der Waals surface area (Å²) in [6, 6.07) is 0.811. The second-order valence-electron chi connectivity index (χ2n) is 4.53. The van der Waals surface area contributed by atoms with E-state index in [1.165, 1.54) is 65.0 Å². The molecule has 3 heteroatoms. The summed E-state index contributed by atoms with van der Waals surface area (Å²) in [7, 11) is 0. The first-order valence-corrected chi connectivity index (χ1v) is 6.11. The predicted octanol–water partition coefficient (Wildman–Crippen LogP) is 0.424. The van der Waals surface area contributed by atoms with Gasteiger partial charge in [-0.15, -0.1) is 0 Å². The number of hydrogen-bond donors (Lipinski definition) is 2. The molecule has 1 unspecified atom stereocenters. The highest BCUT2D eigenvalue weighted by atomic mass is 15.2. The van der Waals surface area contributed by atoms with Gasteiger partial charge in [0.1, 0.15) is 0 Å². The smallest absolute Gasteiger partial charge is 0.0107 e. The molecule has 2 rings (SSSR count). The number of rotatable bonds is 3. The number of nitrogens with one attached hydrogen (secondary N) is 2. The van der Waals surface area contributed by atoms with Crippen LogP contribution in [0.25, 0.3) is 0 Å². The van der Waals surface area contributed by atoms with Crippen LogP contribution in [0.4, 0.5) is 0 Å². The molecule has 14 heavy (non-hydrogen) atoms. The van der Waals surface area contributed by atoms with E-state index in [-0.39, 0.29) is 0 Å². The molecule has 0 aromatic rings. The molecule has 0 saturated carbocycles. The van der Waals surface area contributed by atoms with Crippen LogP contribution >= 0.6 is 0 Å². The molecule has 1 atom stereocenters. The van der Waals surface area contributed by atoms with E-state index in [0.29, 0.717) is 0 Å². The largest absolute Gasteiger partial charge is 0.315 e. The van der Waals surface area contributed by atoms with Gasteiger partial charge in [-0.1, -0.05) is 0 Å². The van der Waals surface area contributed by atoms with Crippen LogP contribution in [0.1, 0.15) is 25.7 Å². The quantitative estimate of drug-likeness (QED) is 0.687. The predicted molar refractivity (Wildman–Crippen MR) is 59.6 cm³/mol. The van der Waals surface area contributed by atoms with Crippen molar-refractivity contribution in [2.75, 3.05) is 39.3 Å². The van der Waals surface area contributed by atoms with Crippen LogP contribution in [0.3, 0.4) is 0 Å². The highest BCUT2D eigenvalue weighted by molar-refractivity contribution is 4.76. The van der Waals surface area contributed by atoms with Crippen molar-refractivity contribution in [2.24, 2.45) is 0 Å². The molecule has 0 spiro atoms. The number of nitrogens with zero attached hydrogens (tertiary/aromatic N) is 1. The highest BCUT2D eigenvalue weighted by Crippen LogP contribution is 2.09. The van der Waals surface area contributed by atoms with Gasteiger partial charge in [0.25, 0.3) is 0 Å². The minimum Gasteiger partial charge on any atom is -0.315 e. The van der Waals surface area contributed by atoms with Crippen molar-refractivity contribution in [3.63, 3.8) is 0 Å². The molecule has 82 valence electrons. The summed E-state index contributed by atoms with van der Waals surface area (Å²) >= 11 is 0. The summed E-state index contributed by atoms with van der Waals surface area (Å²) in [5.74, 6) is 0. The maximum absolute atomic E-state index is 3.57. The molecular formula is C11H23N3. The van der Waals surface area contributed by atoms with E-state index in [9.17, 15) is 0 Å². The molecule has 2 aliphatic rings. The van der Waals surface area contributed by atoms with Gasteiger partial charge in [0.2, 0.25) is 0 Å². The molecule has 2 N–H and O–H groups in total. The lowest BCUT2D eigenvalue weighted by atomic mass is 10.1. The lowest BCUT2D eigenvalue weighted by molar-refractivity contribution is 0.276. The first kappa shape index (κ1) is 10.4. The van der Waals surface area contributed by atoms with Gasteiger partial charge < -0.3 is 15.5 Å². The zero-order valence-corrected chi connectivity index (χ0v) is 9.10. The standard InChI is InChI=1S/C11H23N3/c1-3-11(13-6-1)4-9-14-8-2-5-12-7-10-14/h11-13H,1-10H2. The van der Waals surface area contributed by atoms with E-state index >= 15 is 0 Å². The molecular weight excluding hydrogens is 174 g/mol. The van der Waals surface area contributed by atoms with Gasteiger partial charge in [0.05, 0.1) is 0 Å². The highest BCUT2D eigenvalue weighted by Gasteiger charge is 2.15. The molecule has 2 heterocycles. The Bertz CT molecular complexity index is 147. The molecule has 0 aromatic heterocycles. The van der Waals surface area contributed by atoms with Crippen molar-refractivity contribution in [3.05, 3.63) is 0 Å². The first-order valence-electron chi connectivity index (χ1n) is 6.11. The van der Waals surface area contributed by atoms with Gasteiger partial charge >= 0.3 is 0 Å². The molecule has 0 radical (unpaired) electrons. The van der Waals surface area contributed by atoms with Gasteiger partial charge in [0, 0.05) is 19.1 Å². The van der Waals surface area contributed by atoms with E-state index in [4.69, 9.17) is 0 Å². The van der Waals surface area contributed by atoms with E-state index in [0.717, 1.165) is 6.04 Å². The van der Waals surface area contributed by atoms with E-state index < -0.39 is 0 Å². The van der Waals surface area contributed by atoms with Crippen LogP contribution in [0.15, 0.2) is 0 Å². The van der Waals surface area contributed by atoms with Crippen LogP contribution in [0.2, 0.25) is 0 Å². The Morgan fingerprint density at radius 3 is 2.93 bits per heavy atom. The van der Waals surface area contributed by atoms with Crippen LogP contribution in [0, 0.1) is 0 Å². The Kier molecular flexibility index (Phi) is 4.22. The van der Waals surface area contributed by atoms with Crippen molar-refractivity contribution in [2.45, 2.75) is 31.7 Å². The second kappa shape index (κ2) is 5.69. The Balaban J connectivity index is 1.62. The summed E-state index contributed by atoms with van der Waals surface area (Å²) in [5, 5.41) is 7.02. The zero-order chi connectivity index (χ0) is 9.64. The summed E-state index contributed by atoms with van der Waals surface area (Å²) in [5.41, 5.74) is 0. The van der Waals surface area contributed by atoms with Crippen molar-refractivity contribution < 1.29 is 0 Å². The van der Waals surface area contributed by atoms with Crippen LogP contribution in [-0.2, 0) is 0 Å². The first-order chi connectivity index (χ1) is 6.95. The van der Waals surface area contributed by atoms with Crippen LogP contribution in [-0.4, -0.2) is 50.2 Å². The fraction of sp³-hybridized carbons (Fsp3) is 1.00. The molecule has 0 aliphatic carbocycles. The summed E-state index contributed by atoms with van der Waals surface area (Å²) < 4.78 is 0. The second-order valence-corrected chi connectivity index (χ2v) is 4.53.